The lowest BCUT2D eigenvalue weighted by molar-refractivity contribution is 0.447. The highest BCUT2D eigenvalue weighted by atomic mass is 15.3. The summed E-state index contributed by atoms with van der Waals surface area (Å²) in [5.41, 5.74) is 3.93. The zero-order valence-corrected chi connectivity index (χ0v) is 10.6. The molecular weight excluding hydrogens is 228 g/mol. The van der Waals surface area contributed by atoms with Crippen LogP contribution in [0.5, 0.6) is 0 Å². The second-order valence-electron chi connectivity index (χ2n) is 4.88. The number of H-pyrrole nitrogens is 1. The van der Waals surface area contributed by atoms with Crippen LogP contribution in [0.4, 0.5) is 0 Å². The lowest BCUT2D eigenvalue weighted by atomic mass is 10.2. The Balaban J connectivity index is 1.54. The molecule has 1 aliphatic carbocycles. The van der Waals surface area contributed by atoms with Crippen LogP contribution in [0.15, 0.2) is 12.7 Å². The molecular formula is C12H18N6. The Morgan fingerprint density at radius 2 is 2.44 bits per heavy atom. The molecule has 2 N–H and O–H groups in total. The van der Waals surface area contributed by atoms with Gasteiger partial charge in [-0.1, -0.05) is 0 Å². The summed E-state index contributed by atoms with van der Waals surface area (Å²) in [7, 11) is 0. The van der Waals surface area contributed by atoms with E-state index in [-0.39, 0.29) is 0 Å². The average molecular weight is 246 g/mol. The van der Waals surface area contributed by atoms with E-state index in [1.807, 2.05) is 4.68 Å². The van der Waals surface area contributed by atoms with E-state index < -0.39 is 0 Å². The predicted molar refractivity (Wildman–Crippen MR) is 66.9 cm³/mol. The SMILES string of the molecule is C[C@@H](Cn1cncn1)NCc1n[nH]c2c1CCC2. The van der Waals surface area contributed by atoms with Crippen LogP contribution in [0.1, 0.15) is 30.3 Å². The lowest BCUT2D eigenvalue weighted by Crippen LogP contribution is -2.30. The van der Waals surface area contributed by atoms with Crippen molar-refractivity contribution in [2.75, 3.05) is 0 Å². The molecule has 0 radical (unpaired) electrons. The van der Waals surface area contributed by atoms with Crippen LogP contribution < -0.4 is 5.32 Å². The van der Waals surface area contributed by atoms with Gasteiger partial charge in [0.1, 0.15) is 12.7 Å². The van der Waals surface area contributed by atoms with Crippen LogP contribution in [0.25, 0.3) is 0 Å². The van der Waals surface area contributed by atoms with Gasteiger partial charge in [-0.25, -0.2) is 4.98 Å². The highest BCUT2D eigenvalue weighted by molar-refractivity contribution is 5.29. The maximum absolute atomic E-state index is 4.38. The number of fused-ring (bicyclic) bond motifs is 1. The van der Waals surface area contributed by atoms with E-state index >= 15 is 0 Å². The first-order valence-corrected chi connectivity index (χ1v) is 6.43. The Kier molecular flexibility index (Phi) is 3.10. The summed E-state index contributed by atoms with van der Waals surface area (Å²) in [6.07, 6.45) is 6.88. The Morgan fingerprint density at radius 3 is 3.28 bits per heavy atom. The van der Waals surface area contributed by atoms with Crippen LogP contribution in [-0.2, 0) is 25.9 Å². The third-order valence-corrected chi connectivity index (χ3v) is 3.44. The monoisotopic (exact) mass is 246 g/mol. The molecule has 18 heavy (non-hydrogen) atoms. The standard InChI is InChI=1S/C12H18N6/c1-9(6-18-8-13-7-15-18)14-5-12-10-3-2-4-11(10)16-17-12/h7-9,14H,2-6H2,1H3,(H,16,17)/t9-/m0/s1. The molecule has 6 heteroatoms. The number of nitrogens with one attached hydrogen (secondary N) is 2. The Bertz CT molecular complexity index is 501. The molecule has 2 aromatic heterocycles. The number of rotatable bonds is 5. The summed E-state index contributed by atoms with van der Waals surface area (Å²) >= 11 is 0. The normalized spacial score (nSPS) is 15.8. The fourth-order valence-electron chi connectivity index (χ4n) is 2.48. The minimum atomic E-state index is 0.348. The van der Waals surface area contributed by atoms with E-state index in [0.29, 0.717) is 6.04 Å². The number of aryl methyl sites for hydroxylation is 1. The number of aromatic nitrogens is 5. The Labute approximate surface area is 106 Å². The number of hydrogen-bond donors (Lipinski definition) is 2. The first-order chi connectivity index (χ1) is 8.83. The van der Waals surface area contributed by atoms with Crippen molar-refractivity contribution in [3.05, 3.63) is 29.6 Å². The van der Waals surface area contributed by atoms with Crippen molar-refractivity contribution in [1.29, 1.82) is 0 Å². The predicted octanol–water partition coefficient (Wildman–Crippen LogP) is 0.668. The molecule has 0 fully saturated rings. The van der Waals surface area contributed by atoms with Crippen LogP contribution in [0, 0.1) is 0 Å². The molecule has 96 valence electrons. The topological polar surface area (TPSA) is 71.4 Å². The molecule has 0 saturated carbocycles. The van der Waals surface area contributed by atoms with E-state index in [0.717, 1.165) is 19.5 Å². The summed E-state index contributed by atoms with van der Waals surface area (Å²) in [6.45, 7) is 3.79. The molecule has 1 atom stereocenters. The van der Waals surface area contributed by atoms with Gasteiger partial charge in [-0.2, -0.15) is 10.2 Å². The van der Waals surface area contributed by atoms with Gasteiger partial charge in [0, 0.05) is 18.3 Å². The van der Waals surface area contributed by atoms with Crippen molar-refractivity contribution in [2.24, 2.45) is 0 Å². The summed E-state index contributed by atoms with van der Waals surface area (Å²) < 4.78 is 1.84. The molecule has 3 rings (SSSR count). The number of nitrogens with zero attached hydrogens (tertiary/aromatic N) is 4. The van der Waals surface area contributed by atoms with Gasteiger partial charge in [0.25, 0.3) is 0 Å². The molecule has 0 aromatic carbocycles. The van der Waals surface area contributed by atoms with Crippen LogP contribution in [0.3, 0.4) is 0 Å². The van der Waals surface area contributed by atoms with Gasteiger partial charge in [0.2, 0.25) is 0 Å². The van der Waals surface area contributed by atoms with Crippen molar-refractivity contribution < 1.29 is 0 Å². The smallest absolute Gasteiger partial charge is 0.137 e. The third kappa shape index (κ3) is 2.28. The number of hydrogen-bond acceptors (Lipinski definition) is 4. The van der Waals surface area contributed by atoms with E-state index in [1.54, 1.807) is 12.7 Å². The number of aromatic amines is 1. The van der Waals surface area contributed by atoms with Gasteiger partial charge in [-0.3, -0.25) is 9.78 Å². The molecule has 6 nitrogen and oxygen atoms in total. The second-order valence-corrected chi connectivity index (χ2v) is 4.88. The van der Waals surface area contributed by atoms with Gasteiger partial charge in [0.05, 0.1) is 12.2 Å². The van der Waals surface area contributed by atoms with E-state index in [2.05, 4.69) is 32.5 Å². The van der Waals surface area contributed by atoms with Crippen LogP contribution in [-0.4, -0.2) is 31.0 Å². The van der Waals surface area contributed by atoms with Crippen molar-refractivity contribution in [3.63, 3.8) is 0 Å². The minimum Gasteiger partial charge on any atom is -0.307 e. The van der Waals surface area contributed by atoms with E-state index in [9.17, 15) is 0 Å². The quantitative estimate of drug-likeness (QED) is 0.813. The minimum absolute atomic E-state index is 0.348. The molecule has 2 heterocycles. The highest BCUT2D eigenvalue weighted by Crippen LogP contribution is 2.22. The summed E-state index contributed by atoms with van der Waals surface area (Å²) in [5.74, 6) is 0. The highest BCUT2D eigenvalue weighted by Gasteiger charge is 2.18. The first kappa shape index (κ1) is 11.4. The molecule has 0 unspecified atom stereocenters. The third-order valence-electron chi connectivity index (χ3n) is 3.44. The molecule has 0 aliphatic heterocycles. The zero-order chi connectivity index (χ0) is 12.4. The molecule has 0 saturated heterocycles. The van der Waals surface area contributed by atoms with Gasteiger partial charge in [-0.15, -0.1) is 0 Å². The summed E-state index contributed by atoms with van der Waals surface area (Å²) in [5, 5.41) is 15.1. The summed E-state index contributed by atoms with van der Waals surface area (Å²) in [4.78, 5) is 3.94. The lowest BCUT2D eigenvalue weighted by Gasteiger charge is -2.12. The molecule has 2 aromatic rings. The van der Waals surface area contributed by atoms with Crippen LogP contribution in [0.2, 0.25) is 0 Å². The second kappa shape index (κ2) is 4.89. The van der Waals surface area contributed by atoms with E-state index in [4.69, 9.17) is 0 Å². The van der Waals surface area contributed by atoms with Crippen molar-refractivity contribution in [2.45, 2.75) is 45.3 Å². The molecule has 1 aliphatic rings. The molecule has 0 bridgehead atoms. The zero-order valence-electron chi connectivity index (χ0n) is 10.6. The Hall–Kier alpha value is -1.69. The van der Waals surface area contributed by atoms with Gasteiger partial charge in [0.15, 0.2) is 0 Å². The fraction of sp³-hybridized carbons (Fsp3) is 0.583. The maximum Gasteiger partial charge on any atom is 0.137 e. The maximum atomic E-state index is 4.38. The molecule has 0 spiro atoms. The van der Waals surface area contributed by atoms with Crippen LogP contribution >= 0.6 is 0 Å². The van der Waals surface area contributed by atoms with Crippen molar-refractivity contribution in [3.8, 4) is 0 Å². The van der Waals surface area contributed by atoms with Gasteiger partial charge >= 0.3 is 0 Å². The summed E-state index contributed by atoms with van der Waals surface area (Å²) in [6, 6.07) is 0.348. The van der Waals surface area contributed by atoms with Gasteiger partial charge in [-0.05, 0) is 31.7 Å². The Morgan fingerprint density at radius 1 is 1.50 bits per heavy atom. The first-order valence-electron chi connectivity index (χ1n) is 6.43. The van der Waals surface area contributed by atoms with Crippen molar-refractivity contribution >= 4 is 0 Å². The van der Waals surface area contributed by atoms with Crippen molar-refractivity contribution in [1.82, 2.24) is 30.3 Å². The van der Waals surface area contributed by atoms with Gasteiger partial charge < -0.3 is 5.32 Å². The average Bonchev–Trinajstić information content (AvgIpc) is 3.03. The molecule has 0 amide bonds. The largest absolute Gasteiger partial charge is 0.307 e. The van der Waals surface area contributed by atoms with E-state index in [1.165, 1.54) is 29.8 Å². The fourth-order valence-corrected chi connectivity index (χ4v) is 2.48.